The zero-order valence-electron chi connectivity index (χ0n) is 14.7. The van der Waals surface area contributed by atoms with E-state index in [0.717, 1.165) is 5.56 Å². The Hall–Kier alpha value is -3.29. The van der Waals surface area contributed by atoms with Crippen molar-refractivity contribution in [3.05, 3.63) is 86.3 Å². The van der Waals surface area contributed by atoms with Crippen molar-refractivity contribution in [3.63, 3.8) is 0 Å². The Bertz CT molecular complexity index is 1280. The minimum atomic E-state index is -1.02. The van der Waals surface area contributed by atoms with Gasteiger partial charge in [0.2, 0.25) is 5.88 Å². The van der Waals surface area contributed by atoms with Crippen LogP contribution in [0.15, 0.2) is 59.4 Å². The normalized spacial score (nSPS) is 11.0. The number of pyridine rings is 1. The van der Waals surface area contributed by atoms with E-state index in [-0.39, 0.29) is 23.7 Å². The number of aromatic nitrogens is 3. The topological polar surface area (TPSA) is 97.2 Å². The number of nitrogens with zero attached hydrogens (tertiary/aromatic N) is 2. The Morgan fingerprint density at radius 3 is 2.52 bits per heavy atom. The summed E-state index contributed by atoms with van der Waals surface area (Å²) in [6.45, 7) is 0.249. The van der Waals surface area contributed by atoms with Gasteiger partial charge in [0.1, 0.15) is 5.75 Å². The van der Waals surface area contributed by atoms with Gasteiger partial charge in [-0.2, -0.15) is 4.98 Å². The molecule has 2 N–H and O–H groups in total. The van der Waals surface area contributed by atoms with Crippen molar-refractivity contribution in [2.75, 3.05) is 0 Å². The monoisotopic (exact) mass is 429 g/mol. The average Bonchev–Trinajstić information content (AvgIpc) is 3.00. The van der Waals surface area contributed by atoms with Gasteiger partial charge >= 0.3 is 11.7 Å². The van der Waals surface area contributed by atoms with Crippen molar-refractivity contribution in [1.29, 1.82) is 0 Å². The molecule has 7 nitrogen and oxygen atoms in total. The summed E-state index contributed by atoms with van der Waals surface area (Å²) in [6.07, 6.45) is 0. The molecule has 0 aliphatic heterocycles. The zero-order chi connectivity index (χ0) is 20.5. The van der Waals surface area contributed by atoms with Gasteiger partial charge in [0.25, 0.3) is 0 Å². The van der Waals surface area contributed by atoms with Gasteiger partial charge in [-0.15, -0.1) is 0 Å². The summed E-state index contributed by atoms with van der Waals surface area (Å²) in [6, 6.07) is 14.4. The summed E-state index contributed by atoms with van der Waals surface area (Å²) in [5.41, 5.74) is 1.60. The number of aromatic amines is 1. The van der Waals surface area contributed by atoms with E-state index in [1.807, 2.05) is 0 Å². The fourth-order valence-electron chi connectivity index (χ4n) is 2.82. The van der Waals surface area contributed by atoms with Crippen LogP contribution in [0.2, 0.25) is 10.0 Å². The highest BCUT2D eigenvalue weighted by molar-refractivity contribution is 6.42. The van der Waals surface area contributed by atoms with Crippen LogP contribution in [0.5, 0.6) is 11.6 Å². The van der Waals surface area contributed by atoms with E-state index < -0.39 is 5.97 Å². The van der Waals surface area contributed by atoms with Crippen LogP contribution in [0.1, 0.15) is 15.9 Å². The van der Waals surface area contributed by atoms with E-state index in [9.17, 15) is 9.59 Å². The van der Waals surface area contributed by atoms with Gasteiger partial charge in [0, 0.05) is 6.07 Å². The number of benzene rings is 2. The minimum Gasteiger partial charge on any atom is -0.478 e. The Balaban J connectivity index is 1.66. The molecule has 0 spiro atoms. The molecule has 0 bridgehead atoms. The smallest absolute Gasteiger partial charge is 0.335 e. The number of hydrogen-bond donors (Lipinski definition) is 2. The van der Waals surface area contributed by atoms with Gasteiger partial charge in [0.05, 0.1) is 27.7 Å². The van der Waals surface area contributed by atoms with Gasteiger partial charge in [-0.05, 0) is 48.0 Å². The lowest BCUT2D eigenvalue weighted by Gasteiger charge is -2.07. The molecule has 0 atom stereocenters. The molecular formula is C20H13Cl2N3O4. The summed E-state index contributed by atoms with van der Waals surface area (Å²) in [7, 11) is 0. The average molecular weight is 430 g/mol. The predicted octanol–water partition coefficient (Wildman–Crippen LogP) is 4.57. The second kappa shape index (κ2) is 7.62. The van der Waals surface area contributed by atoms with Crippen molar-refractivity contribution >= 4 is 40.3 Å². The van der Waals surface area contributed by atoms with Crippen LogP contribution < -0.4 is 10.4 Å². The van der Waals surface area contributed by atoms with E-state index in [1.54, 1.807) is 30.3 Å². The zero-order valence-corrected chi connectivity index (χ0v) is 16.2. The van der Waals surface area contributed by atoms with Crippen molar-refractivity contribution in [3.8, 4) is 11.6 Å². The Labute approximate surface area is 174 Å². The van der Waals surface area contributed by atoms with Crippen molar-refractivity contribution < 1.29 is 14.6 Å². The molecule has 0 aliphatic rings. The van der Waals surface area contributed by atoms with E-state index in [1.165, 1.54) is 28.8 Å². The number of hydrogen-bond acceptors (Lipinski definition) is 4. The highest BCUT2D eigenvalue weighted by atomic mass is 35.5. The summed E-state index contributed by atoms with van der Waals surface area (Å²) >= 11 is 12.0. The number of fused-ring (bicyclic) bond motifs is 1. The number of carbonyl (C=O) groups is 1. The number of halogens is 2. The van der Waals surface area contributed by atoms with Crippen LogP contribution in [0.3, 0.4) is 0 Å². The number of H-pyrrole nitrogens is 1. The first kappa shape index (κ1) is 19.0. The molecular weight excluding hydrogens is 417 g/mol. The van der Waals surface area contributed by atoms with E-state index in [2.05, 4.69) is 9.97 Å². The number of aromatic carboxylic acids is 1. The van der Waals surface area contributed by atoms with Gasteiger partial charge in [-0.1, -0.05) is 29.3 Å². The third kappa shape index (κ3) is 3.96. The molecule has 2 aromatic carbocycles. The molecule has 0 saturated heterocycles. The number of imidazole rings is 1. The highest BCUT2D eigenvalue weighted by Gasteiger charge is 2.12. The van der Waals surface area contributed by atoms with Gasteiger partial charge in [-0.25, -0.2) is 9.59 Å². The van der Waals surface area contributed by atoms with E-state index in [0.29, 0.717) is 27.0 Å². The first-order chi connectivity index (χ1) is 13.9. The highest BCUT2D eigenvalue weighted by Crippen LogP contribution is 2.25. The van der Waals surface area contributed by atoms with Crippen LogP contribution in [0, 0.1) is 0 Å². The Kier molecular flexibility index (Phi) is 5.00. The molecule has 0 saturated carbocycles. The maximum Gasteiger partial charge on any atom is 0.335 e. The van der Waals surface area contributed by atoms with Gasteiger partial charge in [0.15, 0.2) is 5.65 Å². The van der Waals surface area contributed by atoms with Crippen molar-refractivity contribution in [2.45, 2.75) is 6.54 Å². The summed E-state index contributed by atoms with van der Waals surface area (Å²) in [4.78, 5) is 30.5. The lowest BCUT2D eigenvalue weighted by atomic mass is 10.2. The molecule has 2 aromatic heterocycles. The maximum absolute atomic E-state index is 12.4. The summed E-state index contributed by atoms with van der Waals surface area (Å²) < 4.78 is 7.17. The van der Waals surface area contributed by atoms with E-state index in [4.69, 9.17) is 33.0 Å². The fraction of sp³-hybridized carbons (Fsp3) is 0.0500. The van der Waals surface area contributed by atoms with Gasteiger partial charge in [-0.3, -0.25) is 4.57 Å². The second-order valence-electron chi connectivity index (χ2n) is 6.22. The predicted molar refractivity (Wildman–Crippen MR) is 109 cm³/mol. The Morgan fingerprint density at radius 2 is 1.83 bits per heavy atom. The van der Waals surface area contributed by atoms with Gasteiger partial charge < -0.3 is 14.8 Å². The lowest BCUT2D eigenvalue weighted by Crippen LogP contribution is -2.17. The third-order valence-electron chi connectivity index (χ3n) is 4.24. The molecule has 0 amide bonds. The second-order valence-corrected chi connectivity index (χ2v) is 7.03. The molecule has 0 unspecified atom stereocenters. The quantitative estimate of drug-likeness (QED) is 0.484. The maximum atomic E-state index is 12.4. The van der Waals surface area contributed by atoms with E-state index >= 15 is 0 Å². The largest absolute Gasteiger partial charge is 0.478 e. The number of nitrogens with one attached hydrogen (secondary N) is 1. The van der Waals surface area contributed by atoms with Crippen LogP contribution >= 0.6 is 23.2 Å². The molecule has 0 fully saturated rings. The first-order valence-corrected chi connectivity index (χ1v) is 9.21. The number of carboxylic acid groups (broad SMARTS) is 1. The van der Waals surface area contributed by atoms with Crippen molar-refractivity contribution in [1.82, 2.24) is 14.5 Å². The van der Waals surface area contributed by atoms with Crippen molar-refractivity contribution in [2.24, 2.45) is 0 Å². The molecule has 2 heterocycles. The van der Waals surface area contributed by atoms with Crippen LogP contribution in [0.25, 0.3) is 11.2 Å². The third-order valence-corrected chi connectivity index (χ3v) is 4.98. The standard InChI is InChI=1S/C20H13Cl2N3O4/c21-14-6-1-11(9-15(14)22)10-25-18-16(23-20(25)28)7-8-17(24-18)29-13-4-2-12(3-5-13)19(26)27/h1-9H,10H2,(H,23,28)(H,26,27). The molecule has 0 radical (unpaired) electrons. The fourth-order valence-corrected chi connectivity index (χ4v) is 3.14. The molecule has 4 aromatic rings. The molecule has 146 valence electrons. The minimum absolute atomic E-state index is 0.154. The molecule has 4 rings (SSSR count). The Morgan fingerprint density at radius 1 is 1.07 bits per heavy atom. The summed E-state index contributed by atoms with van der Waals surface area (Å²) in [5, 5.41) is 9.80. The number of carboxylic acids is 1. The SMILES string of the molecule is O=C(O)c1ccc(Oc2ccc3[nH]c(=O)n(Cc4ccc(Cl)c(Cl)c4)c3n2)cc1. The van der Waals surface area contributed by atoms with Crippen LogP contribution in [0.4, 0.5) is 0 Å². The molecule has 29 heavy (non-hydrogen) atoms. The lowest BCUT2D eigenvalue weighted by molar-refractivity contribution is 0.0697. The van der Waals surface area contributed by atoms with Crippen LogP contribution in [-0.4, -0.2) is 25.6 Å². The molecule has 0 aliphatic carbocycles. The summed E-state index contributed by atoms with van der Waals surface area (Å²) in [5.74, 6) is -0.326. The molecule has 9 heteroatoms. The number of ether oxygens (including phenoxy) is 1. The van der Waals surface area contributed by atoms with Crippen LogP contribution in [-0.2, 0) is 6.54 Å². The number of rotatable bonds is 5. The first-order valence-electron chi connectivity index (χ1n) is 8.45.